The molecule has 0 bridgehead atoms. The van der Waals surface area contributed by atoms with Crippen molar-refractivity contribution in [1.29, 1.82) is 0 Å². The highest BCUT2D eigenvalue weighted by Gasteiger charge is 2.31. The highest BCUT2D eigenvalue weighted by Crippen LogP contribution is 2.17. The maximum absolute atomic E-state index is 12.8. The van der Waals surface area contributed by atoms with Crippen LogP contribution < -0.4 is 0 Å². The molecular weight excluding hydrogens is 308 g/mol. The number of benzene rings is 1. The summed E-state index contributed by atoms with van der Waals surface area (Å²) < 4.78 is 4.67. The standard InChI is InChI=1S/C18H20N2O4/c1-12-6-4-5-7-14(12)10-20(11-16(21)24-3)18(23)15-9-8-13(2)19-17(15)22/h4-9,15H,10-11H2,1-3H3. The molecule has 0 fully saturated rings. The molecule has 1 unspecified atom stereocenters. The maximum Gasteiger partial charge on any atom is 0.325 e. The lowest BCUT2D eigenvalue weighted by Gasteiger charge is -2.25. The van der Waals surface area contributed by atoms with Crippen LogP contribution >= 0.6 is 0 Å². The summed E-state index contributed by atoms with van der Waals surface area (Å²) in [6.07, 6.45) is 3.16. The zero-order valence-corrected chi connectivity index (χ0v) is 14.0. The minimum Gasteiger partial charge on any atom is -0.468 e. The number of aliphatic imine (C=N–C) groups is 1. The summed E-state index contributed by atoms with van der Waals surface area (Å²) in [5, 5.41) is 0. The van der Waals surface area contributed by atoms with Gasteiger partial charge in [-0.05, 0) is 31.1 Å². The Morgan fingerprint density at radius 3 is 2.58 bits per heavy atom. The SMILES string of the molecule is COC(=O)CN(Cc1ccccc1C)C(=O)C1C=CC(C)=NC1=O. The molecule has 1 heterocycles. The molecular formula is C18H20N2O4. The number of aryl methyl sites for hydroxylation is 1. The number of hydrogen-bond donors (Lipinski definition) is 0. The first kappa shape index (κ1) is 17.6. The summed E-state index contributed by atoms with van der Waals surface area (Å²) >= 11 is 0. The van der Waals surface area contributed by atoms with Gasteiger partial charge in [-0.3, -0.25) is 14.4 Å². The largest absolute Gasteiger partial charge is 0.468 e. The van der Waals surface area contributed by atoms with Gasteiger partial charge in [0.2, 0.25) is 5.91 Å². The molecule has 0 saturated carbocycles. The highest BCUT2D eigenvalue weighted by molar-refractivity contribution is 6.12. The molecule has 24 heavy (non-hydrogen) atoms. The predicted molar refractivity (Wildman–Crippen MR) is 89.4 cm³/mol. The fourth-order valence-corrected chi connectivity index (χ4v) is 2.41. The zero-order valence-electron chi connectivity index (χ0n) is 14.0. The molecule has 6 heteroatoms. The number of hydrogen-bond acceptors (Lipinski definition) is 4. The van der Waals surface area contributed by atoms with Gasteiger partial charge >= 0.3 is 5.97 Å². The van der Waals surface area contributed by atoms with Gasteiger partial charge in [0, 0.05) is 12.3 Å². The molecule has 1 atom stereocenters. The van der Waals surface area contributed by atoms with Crippen LogP contribution in [0.4, 0.5) is 0 Å². The van der Waals surface area contributed by atoms with E-state index in [0.29, 0.717) is 5.71 Å². The monoisotopic (exact) mass is 328 g/mol. The Hall–Kier alpha value is -2.76. The van der Waals surface area contributed by atoms with Crippen LogP contribution in [0, 0.1) is 12.8 Å². The van der Waals surface area contributed by atoms with Crippen LogP contribution in [-0.2, 0) is 25.7 Å². The number of methoxy groups -OCH3 is 1. The minimum atomic E-state index is -0.998. The summed E-state index contributed by atoms with van der Waals surface area (Å²) in [6, 6.07) is 7.57. The van der Waals surface area contributed by atoms with Gasteiger partial charge in [-0.1, -0.05) is 30.3 Å². The summed E-state index contributed by atoms with van der Waals surface area (Å²) in [5.41, 5.74) is 2.46. The average molecular weight is 328 g/mol. The number of esters is 1. The van der Waals surface area contributed by atoms with Gasteiger partial charge in [0.05, 0.1) is 7.11 Å². The van der Waals surface area contributed by atoms with E-state index < -0.39 is 23.7 Å². The molecule has 0 saturated heterocycles. The number of dihydropyridines is 1. The molecule has 0 N–H and O–H groups in total. The molecule has 2 amide bonds. The first-order valence-corrected chi connectivity index (χ1v) is 7.60. The van der Waals surface area contributed by atoms with Gasteiger partial charge in [0.25, 0.3) is 5.91 Å². The summed E-state index contributed by atoms with van der Waals surface area (Å²) in [4.78, 5) is 41.6. The van der Waals surface area contributed by atoms with E-state index in [1.807, 2.05) is 31.2 Å². The lowest BCUT2D eigenvalue weighted by molar-refractivity contribution is -0.149. The number of nitrogens with zero attached hydrogens (tertiary/aromatic N) is 2. The summed E-state index contributed by atoms with van der Waals surface area (Å²) in [5.74, 6) is -2.51. The normalized spacial score (nSPS) is 16.5. The minimum absolute atomic E-state index is 0.218. The third kappa shape index (κ3) is 4.16. The van der Waals surface area contributed by atoms with E-state index >= 15 is 0 Å². The summed E-state index contributed by atoms with van der Waals surface area (Å²) in [7, 11) is 1.26. The van der Waals surface area contributed by atoms with Crippen molar-refractivity contribution >= 4 is 23.5 Å². The third-order valence-electron chi connectivity index (χ3n) is 3.83. The van der Waals surface area contributed by atoms with Crippen LogP contribution in [0.25, 0.3) is 0 Å². The van der Waals surface area contributed by atoms with Crippen molar-refractivity contribution in [3.05, 3.63) is 47.5 Å². The smallest absolute Gasteiger partial charge is 0.325 e. The van der Waals surface area contributed by atoms with Crippen LogP contribution in [0.15, 0.2) is 41.4 Å². The first-order valence-electron chi connectivity index (χ1n) is 7.60. The van der Waals surface area contributed by atoms with E-state index in [9.17, 15) is 14.4 Å². The van der Waals surface area contributed by atoms with Crippen molar-refractivity contribution in [2.45, 2.75) is 20.4 Å². The Kier molecular flexibility index (Phi) is 5.63. The summed E-state index contributed by atoms with van der Waals surface area (Å²) in [6.45, 7) is 3.62. The van der Waals surface area contributed by atoms with Crippen molar-refractivity contribution in [3.63, 3.8) is 0 Å². The Morgan fingerprint density at radius 1 is 1.25 bits per heavy atom. The molecule has 1 aliphatic heterocycles. The molecule has 1 aromatic carbocycles. The van der Waals surface area contributed by atoms with Gasteiger partial charge in [0.1, 0.15) is 12.5 Å². The van der Waals surface area contributed by atoms with Crippen LogP contribution in [0.1, 0.15) is 18.1 Å². The average Bonchev–Trinajstić information content (AvgIpc) is 2.55. The van der Waals surface area contributed by atoms with Gasteiger partial charge in [-0.2, -0.15) is 0 Å². The number of carbonyl (C=O) groups is 3. The van der Waals surface area contributed by atoms with Crippen molar-refractivity contribution in [2.24, 2.45) is 10.9 Å². The molecule has 1 aliphatic rings. The number of allylic oxidation sites excluding steroid dienone is 1. The van der Waals surface area contributed by atoms with Crippen LogP contribution in [0.5, 0.6) is 0 Å². The van der Waals surface area contributed by atoms with Crippen molar-refractivity contribution in [2.75, 3.05) is 13.7 Å². The molecule has 1 aromatic rings. The first-order chi connectivity index (χ1) is 11.4. The van der Waals surface area contributed by atoms with E-state index in [2.05, 4.69) is 9.73 Å². The second kappa shape index (κ2) is 7.68. The number of ether oxygens (including phenoxy) is 1. The Labute approximate surface area is 140 Å². The molecule has 2 rings (SSSR count). The number of amides is 2. The predicted octanol–water partition coefficient (Wildman–Crippen LogP) is 1.67. The topological polar surface area (TPSA) is 76.0 Å². The quantitative estimate of drug-likeness (QED) is 0.608. The number of rotatable bonds is 5. The van der Waals surface area contributed by atoms with E-state index in [0.717, 1.165) is 11.1 Å². The molecule has 0 aromatic heterocycles. The maximum atomic E-state index is 12.8. The van der Waals surface area contributed by atoms with E-state index in [-0.39, 0.29) is 13.1 Å². The van der Waals surface area contributed by atoms with Crippen LogP contribution in [0.3, 0.4) is 0 Å². The highest BCUT2D eigenvalue weighted by atomic mass is 16.5. The van der Waals surface area contributed by atoms with Crippen LogP contribution in [-0.4, -0.2) is 42.0 Å². The second-order valence-corrected chi connectivity index (χ2v) is 5.63. The lowest BCUT2D eigenvalue weighted by atomic mass is 10.0. The van der Waals surface area contributed by atoms with Crippen molar-refractivity contribution in [1.82, 2.24) is 4.90 Å². The fraction of sp³-hybridized carbons (Fsp3) is 0.333. The van der Waals surface area contributed by atoms with E-state index in [1.54, 1.807) is 13.0 Å². The van der Waals surface area contributed by atoms with Crippen molar-refractivity contribution < 1.29 is 19.1 Å². The third-order valence-corrected chi connectivity index (χ3v) is 3.83. The van der Waals surface area contributed by atoms with Crippen molar-refractivity contribution in [3.8, 4) is 0 Å². The van der Waals surface area contributed by atoms with Gasteiger partial charge in [0.15, 0.2) is 0 Å². The molecule has 0 spiro atoms. The second-order valence-electron chi connectivity index (χ2n) is 5.63. The van der Waals surface area contributed by atoms with Gasteiger partial charge < -0.3 is 9.64 Å². The van der Waals surface area contributed by atoms with E-state index in [1.165, 1.54) is 18.1 Å². The number of carbonyl (C=O) groups excluding carboxylic acids is 3. The van der Waals surface area contributed by atoms with E-state index in [4.69, 9.17) is 0 Å². The van der Waals surface area contributed by atoms with Gasteiger partial charge in [-0.15, -0.1) is 0 Å². The molecule has 0 aliphatic carbocycles. The zero-order chi connectivity index (χ0) is 17.7. The molecule has 6 nitrogen and oxygen atoms in total. The molecule has 126 valence electrons. The Bertz CT molecular complexity index is 721. The lowest BCUT2D eigenvalue weighted by Crippen LogP contribution is -2.42. The Balaban J connectivity index is 2.24. The fourth-order valence-electron chi connectivity index (χ4n) is 2.41. The molecule has 0 radical (unpaired) electrons. The van der Waals surface area contributed by atoms with Gasteiger partial charge in [-0.25, -0.2) is 4.99 Å². The Morgan fingerprint density at radius 2 is 1.96 bits per heavy atom. The van der Waals surface area contributed by atoms with Crippen LogP contribution in [0.2, 0.25) is 0 Å².